The number of alkyl halides is 5. The number of hydrogen-bond acceptors (Lipinski definition) is 1. The average molecular weight is 316 g/mol. The summed E-state index contributed by atoms with van der Waals surface area (Å²) in [4.78, 5) is 11.1. The van der Waals surface area contributed by atoms with Crippen LogP contribution in [0.25, 0.3) is 0 Å². The number of hydrogen-bond donors (Lipinski definition) is 1. The molecule has 8 heteroatoms. The lowest BCUT2D eigenvalue weighted by atomic mass is 10.0. The minimum atomic E-state index is -5.92. The van der Waals surface area contributed by atoms with Gasteiger partial charge in [-0.1, -0.05) is 30.7 Å². The molecular formula is C12H11ClF5NO. The fraction of sp³-hybridized carbons (Fsp3) is 0.417. The number of carbonyl (C=O) groups excluding carboxylic acids is 1. The molecular weight excluding hydrogens is 305 g/mol. The third kappa shape index (κ3) is 3.59. The monoisotopic (exact) mass is 315 g/mol. The average Bonchev–Trinajstić information content (AvgIpc) is 2.35. The van der Waals surface area contributed by atoms with Crippen molar-refractivity contribution in [1.82, 2.24) is 5.32 Å². The predicted molar refractivity (Wildman–Crippen MR) is 63.6 cm³/mol. The molecule has 112 valence electrons. The van der Waals surface area contributed by atoms with E-state index in [0.29, 0.717) is 10.6 Å². The smallest absolute Gasteiger partial charge is 0.344 e. The molecule has 0 fully saturated rings. The lowest BCUT2D eigenvalue weighted by Gasteiger charge is -2.23. The molecule has 0 heterocycles. The molecule has 1 rings (SSSR count). The van der Waals surface area contributed by atoms with Crippen molar-refractivity contribution in [3.05, 3.63) is 34.9 Å². The van der Waals surface area contributed by atoms with Gasteiger partial charge in [0, 0.05) is 5.02 Å². The van der Waals surface area contributed by atoms with E-state index in [1.165, 1.54) is 24.3 Å². The van der Waals surface area contributed by atoms with Crippen molar-refractivity contribution in [3.63, 3.8) is 0 Å². The second-order valence-electron chi connectivity index (χ2n) is 4.06. The Morgan fingerprint density at radius 2 is 1.70 bits per heavy atom. The Morgan fingerprint density at radius 3 is 2.10 bits per heavy atom. The summed E-state index contributed by atoms with van der Waals surface area (Å²) in [6.45, 7) is 1.55. The SMILES string of the molecule is CCC(NC(=O)C(F)(F)C(F)(F)F)c1ccc(Cl)cc1. The summed E-state index contributed by atoms with van der Waals surface area (Å²) in [5, 5.41) is 2.08. The third-order valence-corrected chi connectivity index (χ3v) is 2.88. The Bertz CT molecular complexity index is 472. The van der Waals surface area contributed by atoms with Crippen LogP contribution >= 0.6 is 11.6 Å². The van der Waals surface area contributed by atoms with Crippen molar-refractivity contribution in [2.75, 3.05) is 0 Å². The highest BCUT2D eigenvalue weighted by atomic mass is 35.5. The Morgan fingerprint density at radius 1 is 1.20 bits per heavy atom. The first-order chi connectivity index (χ1) is 9.09. The van der Waals surface area contributed by atoms with Gasteiger partial charge in [-0.3, -0.25) is 4.79 Å². The van der Waals surface area contributed by atoms with Crippen molar-refractivity contribution < 1.29 is 26.7 Å². The molecule has 1 atom stereocenters. The van der Waals surface area contributed by atoms with Gasteiger partial charge < -0.3 is 5.32 Å². The van der Waals surface area contributed by atoms with E-state index >= 15 is 0 Å². The normalized spacial score (nSPS) is 13.9. The van der Waals surface area contributed by atoms with Crippen LogP contribution in [-0.4, -0.2) is 18.0 Å². The number of halogens is 6. The van der Waals surface area contributed by atoms with Crippen LogP contribution in [0.3, 0.4) is 0 Å². The first-order valence-electron chi connectivity index (χ1n) is 5.60. The summed E-state index contributed by atoms with van der Waals surface area (Å²) in [5.74, 6) is -7.79. The fourth-order valence-corrected chi connectivity index (χ4v) is 1.62. The molecule has 0 aliphatic rings. The van der Waals surface area contributed by atoms with Gasteiger partial charge in [-0.15, -0.1) is 0 Å². The lowest BCUT2D eigenvalue weighted by molar-refractivity contribution is -0.270. The summed E-state index contributed by atoms with van der Waals surface area (Å²) in [6, 6.07) is 4.85. The number of carbonyl (C=O) groups is 1. The van der Waals surface area contributed by atoms with Crippen molar-refractivity contribution in [3.8, 4) is 0 Å². The van der Waals surface area contributed by atoms with Gasteiger partial charge in [-0.25, -0.2) is 0 Å². The minimum Gasteiger partial charge on any atom is -0.344 e. The van der Waals surface area contributed by atoms with E-state index in [9.17, 15) is 26.7 Å². The number of rotatable bonds is 4. The molecule has 0 aromatic heterocycles. The van der Waals surface area contributed by atoms with Gasteiger partial charge in [-0.2, -0.15) is 22.0 Å². The van der Waals surface area contributed by atoms with Crippen LogP contribution in [0.1, 0.15) is 24.9 Å². The highest BCUT2D eigenvalue weighted by molar-refractivity contribution is 6.30. The van der Waals surface area contributed by atoms with Gasteiger partial charge in [0.2, 0.25) is 0 Å². The van der Waals surface area contributed by atoms with Crippen LogP contribution in [0.2, 0.25) is 5.02 Å². The highest BCUT2D eigenvalue weighted by Gasteiger charge is 2.63. The Balaban J connectivity index is 2.89. The van der Waals surface area contributed by atoms with Crippen LogP contribution in [0, 0.1) is 0 Å². The van der Waals surface area contributed by atoms with E-state index in [2.05, 4.69) is 0 Å². The van der Waals surface area contributed by atoms with Crippen LogP contribution in [-0.2, 0) is 4.79 Å². The van der Waals surface area contributed by atoms with Crippen molar-refractivity contribution in [2.24, 2.45) is 0 Å². The maximum Gasteiger partial charge on any atom is 0.463 e. The molecule has 20 heavy (non-hydrogen) atoms. The van der Waals surface area contributed by atoms with Crippen molar-refractivity contribution >= 4 is 17.5 Å². The maximum absolute atomic E-state index is 12.8. The molecule has 0 bridgehead atoms. The van der Waals surface area contributed by atoms with Gasteiger partial charge in [0.05, 0.1) is 6.04 Å². The highest BCUT2D eigenvalue weighted by Crippen LogP contribution is 2.36. The molecule has 0 saturated carbocycles. The lowest BCUT2D eigenvalue weighted by Crippen LogP contribution is -2.51. The zero-order valence-electron chi connectivity index (χ0n) is 10.3. The Labute approximate surface area is 116 Å². The topological polar surface area (TPSA) is 29.1 Å². The molecule has 0 radical (unpaired) electrons. The Hall–Kier alpha value is -1.37. The molecule has 0 saturated heterocycles. The minimum absolute atomic E-state index is 0.154. The number of nitrogens with one attached hydrogen (secondary N) is 1. The van der Waals surface area contributed by atoms with E-state index in [4.69, 9.17) is 11.6 Å². The van der Waals surface area contributed by atoms with Crippen molar-refractivity contribution in [1.29, 1.82) is 0 Å². The Kier molecular flexibility index (Phi) is 4.96. The van der Waals surface area contributed by atoms with Gasteiger partial charge in [0.15, 0.2) is 0 Å². The third-order valence-electron chi connectivity index (χ3n) is 2.63. The van der Waals surface area contributed by atoms with Crippen LogP contribution in [0.15, 0.2) is 24.3 Å². The number of benzene rings is 1. The summed E-state index contributed by atoms with van der Waals surface area (Å²) >= 11 is 5.64. The molecule has 1 aromatic rings. The summed E-state index contributed by atoms with van der Waals surface area (Å²) in [6.07, 6.45) is -5.77. The molecule has 0 aliphatic heterocycles. The van der Waals surface area contributed by atoms with E-state index in [-0.39, 0.29) is 6.42 Å². The largest absolute Gasteiger partial charge is 0.463 e. The standard InChI is InChI=1S/C12H11ClF5NO/c1-2-9(7-3-5-8(13)6-4-7)19-10(20)11(14,15)12(16,17)18/h3-6,9H,2H2,1H3,(H,19,20). The molecule has 1 amide bonds. The second-order valence-corrected chi connectivity index (χ2v) is 4.49. The van der Waals surface area contributed by atoms with Gasteiger partial charge in [-0.05, 0) is 24.1 Å². The van der Waals surface area contributed by atoms with Crippen LogP contribution in [0.5, 0.6) is 0 Å². The molecule has 1 N–H and O–H groups in total. The first kappa shape index (κ1) is 16.7. The van der Waals surface area contributed by atoms with Crippen LogP contribution < -0.4 is 5.32 Å². The molecule has 0 aliphatic carbocycles. The maximum atomic E-state index is 12.8. The first-order valence-corrected chi connectivity index (χ1v) is 5.98. The van der Waals surface area contributed by atoms with E-state index < -0.39 is 24.0 Å². The molecule has 2 nitrogen and oxygen atoms in total. The summed E-state index contributed by atoms with van der Waals surface area (Å²) < 4.78 is 61.9. The molecule has 0 spiro atoms. The van der Waals surface area contributed by atoms with E-state index in [1.807, 2.05) is 0 Å². The molecule has 1 aromatic carbocycles. The fourth-order valence-electron chi connectivity index (χ4n) is 1.49. The summed E-state index contributed by atoms with van der Waals surface area (Å²) in [7, 11) is 0. The van der Waals surface area contributed by atoms with E-state index in [1.54, 1.807) is 12.2 Å². The van der Waals surface area contributed by atoms with E-state index in [0.717, 1.165) is 0 Å². The number of amides is 1. The molecule has 1 unspecified atom stereocenters. The zero-order valence-corrected chi connectivity index (χ0v) is 11.0. The van der Waals surface area contributed by atoms with Gasteiger partial charge in [0.1, 0.15) is 0 Å². The summed E-state index contributed by atoms with van der Waals surface area (Å²) in [5.41, 5.74) is 0.392. The van der Waals surface area contributed by atoms with Gasteiger partial charge in [0.25, 0.3) is 0 Å². The zero-order chi connectivity index (χ0) is 15.6. The quantitative estimate of drug-likeness (QED) is 0.833. The van der Waals surface area contributed by atoms with Crippen molar-refractivity contribution in [2.45, 2.75) is 31.5 Å². The second kappa shape index (κ2) is 5.95. The van der Waals surface area contributed by atoms with Crippen LogP contribution in [0.4, 0.5) is 22.0 Å². The predicted octanol–water partition coefficient (Wildman–Crippen LogP) is 4.10. The van der Waals surface area contributed by atoms with Gasteiger partial charge >= 0.3 is 18.0 Å².